The lowest BCUT2D eigenvalue weighted by atomic mass is 9.86. The first kappa shape index (κ1) is 25.9. The fourth-order valence-corrected chi connectivity index (χ4v) is 2.99. The quantitative estimate of drug-likeness (QED) is 0.360. The summed E-state index contributed by atoms with van der Waals surface area (Å²) in [7, 11) is 0. The van der Waals surface area contributed by atoms with E-state index in [4.69, 9.17) is 4.74 Å². The molecule has 0 aromatic carbocycles. The highest BCUT2D eigenvalue weighted by Crippen LogP contribution is 2.23. The smallest absolute Gasteiger partial charge is 0.246 e. The van der Waals surface area contributed by atoms with E-state index in [1.54, 1.807) is 0 Å². The van der Waals surface area contributed by atoms with E-state index >= 15 is 0 Å². The van der Waals surface area contributed by atoms with E-state index in [9.17, 15) is 9.59 Å². The first-order valence-electron chi connectivity index (χ1n) is 11.0. The SMILES string of the molecule is CCCCCC(CCC)OCC(=O)NCCCNC(=O)C(C)(C)CCCC. The number of ether oxygens (including phenoxy) is 1. The molecule has 0 saturated carbocycles. The summed E-state index contributed by atoms with van der Waals surface area (Å²) in [5.41, 5.74) is -0.320. The Morgan fingerprint density at radius 3 is 2.15 bits per heavy atom. The molecule has 0 radical (unpaired) electrons. The van der Waals surface area contributed by atoms with Crippen LogP contribution in [0.1, 0.15) is 98.8 Å². The van der Waals surface area contributed by atoms with Crippen molar-refractivity contribution in [1.29, 1.82) is 0 Å². The minimum absolute atomic E-state index is 0.0683. The number of amides is 2. The van der Waals surface area contributed by atoms with Crippen LogP contribution in [0.25, 0.3) is 0 Å². The van der Waals surface area contributed by atoms with E-state index in [-0.39, 0.29) is 29.9 Å². The van der Waals surface area contributed by atoms with Gasteiger partial charge in [0, 0.05) is 18.5 Å². The number of hydrogen-bond donors (Lipinski definition) is 2. The van der Waals surface area contributed by atoms with Crippen molar-refractivity contribution in [2.24, 2.45) is 5.41 Å². The van der Waals surface area contributed by atoms with Crippen molar-refractivity contribution < 1.29 is 14.3 Å². The summed E-state index contributed by atoms with van der Waals surface area (Å²) < 4.78 is 5.79. The highest BCUT2D eigenvalue weighted by Gasteiger charge is 2.26. The fourth-order valence-electron chi connectivity index (χ4n) is 2.99. The maximum absolute atomic E-state index is 12.2. The molecule has 5 nitrogen and oxygen atoms in total. The second-order valence-electron chi connectivity index (χ2n) is 8.16. The standard InChI is InChI=1S/C22H44N2O3/c1-6-9-11-14-19(13-8-3)27-18-20(25)23-16-12-17-24-21(26)22(4,5)15-10-7-2/h19H,6-18H2,1-5H3,(H,23,25)(H,24,26). The summed E-state index contributed by atoms with van der Waals surface area (Å²) in [4.78, 5) is 24.1. The summed E-state index contributed by atoms with van der Waals surface area (Å²) in [6.07, 6.45) is 10.7. The van der Waals surface area contributed by atoms with Crippen LogP contribution in [0.2, 0.25) is 0 Å². The molecule has 0 bridgehead atoms. The number of hydrogen-bond acceptors (Lipinski definition) is 3. The fraction of sp³-hybridized carbons (Fsp3) is 0.909. The van der Waals surface area contributed by atoms with Crippen LogP contribution in [0.15, 0.2) is 0 Å². The van der Waals surface area contributed by atoms with Gasteiger partial charge in [0.05, 0.1) is 6.10 Å². The normalized spacial score (nSPS) is 12.6. The first-order valence-corrected chi connectivity index (χ1v) is 11.0. The first-order chi connectivity index (χ1) is 12.9. The van der Waals surface area contributed by atoms with Crippen molar-refractivity contribution in [3.63, 3.8) is 0 Å². The summed E-state index contributed by atoms with van der Waals surface area (Å²) in [5.74, 6) is 0.0290. The number of carbonyl (C=O) groups excluding carboxylic acids is 2. The van der Waals surface area contributed by atoms with Crippen molar-refractivity contribution >= 4 is 11.8 Å². The Labute approximate surface area is 167 Å². The van der Waals surface area contributed by atoms with Crippen LogP contribution in [0.4, 0.5) is 0 Å². The van der Waals surface area contributed by atoms with Crippen LogP contribution in [0.5, 0.6) is 0 Å². The van der Waals surface area contributed by atoms with E-state index in [1.165, 1.54) is 12.8 Å². The largest absolute Gasteiger partial charge is 0.368 e. The van der Waals surface area contributed by atoms with Gasteiger partial charge in [0.15, 0.2) is 0 Å². The van der Waals surface area contributed by atoms with E-state index in [0.717, 1.165) is 51.4 Å². The van der Waals surface area contributed by atoms with E-state index in [1.807, 2.05) is 13.8 Å². The van der Waals surface area contributed by atoms with Gasteiger partial charge in [0.25, 0.3) is 0 Å². The Morgan fingerprint density at radius 1 is 0.852 bits per heavy atom. The van der Waals surface area contributed by atoms with E-state index < -0.39 is 0 Å². The van der Waals surface area contributed by atoms with Crippen LogP contribution in [0.3, 0.4) is 0 Å². The lowest BCUT2D eigenvalue weighted by Gasteiger charge is -2.23. The Balaban J connectivity index is 3.88. The molecular weight excluding hydrogens is 340 g/mol. The van der Waals surface area contributed by atoms with E-state index in [2.05, 4.69) is 31.4 Å². The third kappa shape index (κ3) is 13.7. The summed E-state index contributed by atoms with van der Waals surface area (Å²) in [6, 6.07) is 0. The lowest BCUT2D eigenvalue weighted by Crippen LogP contribution is -2.38. The van der Waals surface area contributed by atoms with E-state index in [0.29, 0.717) is 13.1 Å². The molecule has 0 aromatic rings. The van der Waals surface area contributed by atoms with Crippen LogP contribution in [0, 0.1) is 5.41 Å². The number of nitrogens with one attached hydrogen (secondary N) is 2. The maximum atomic E-state index is 12.2. The third-order valence-corrected chi connectivity index (χ3v) is 4.92. The van der Waals surface area contributed by atoms with Gasteiger partial charge in [-0.2, -0.15) is 0 Å². The van der Waals surface area contributed by atoms with Gasteiger partial charge in [-0.25, -0.2) is 0 Å². The number of rotatable bonds is 17. The molecule has 0 heterocycles. The zero-order chi connectivity index (χ0) is 20.5. The molecule has 0 spiro atoms. The molecule has 0 saturated heterocycles. The van der Waals surface area contributed by atoms with Crippen molar-refractivity contribution in [3.05, 3.63) is 0 Å². The van der Waals surface area contributed by atoms with Gasteiger partial charge in [0.1, 0.15) is 6.61 Å². The molecule has 0 aliphatic carbocycles. The van der Waals surface area contributed by atoms with Crippen LogP contribution in [-0.4, -0.2) is 37.6 Å². The molecular formula is C22H44N2O3. The molecule has 27 heavy (non-hydrogen) atoms. The Morgan fingerprint density at radius 2 is 1.52 bits per heavy atom. The van der Waals surface area contributed by atoms with Gasteiger partial charge in [0.2, 0.25) is 11.8 Å². The maximum Gasteiger partial charge on any atom is 0.246 e. The van der Waals surface area contributed by atoms with Crippen LogP contribution >= 0.6 is 0 Å². The topological polar surface area (TPSA) is 67.4 Å². The number of carbonyl (C=O) groups is 2. The monoisotopic (exact) mass is 384 g/mol. The Bertz CT molecular complexity index is 397. The van der Waals surface area contributed by atoms with Crippen molar-refractivity contribution in [3.8, 4) is 0 Å². The molecule has 0 aliphatic heterocycles. The molecule has 2 N–H and O–H groups in total. The minimum atomic E-state index is -0.320. The molecule has 0 fully saturated rings. The van der Waals surface area contributed by atoms with Gasteiger partial charge in [-0.15, -0.1) is 0 Å². The summed E-state index contributed by atoms with van der Waals surface area (Å²) in [6.45, 7) is 11.7. The van der Waals surface area contributed by atoms with Gasteiger partial charge in [-0.05, 0) is 25.7 Å². The zero-order valence-corrected chi connectivity index (χ0v) is 18.5. The molecule has 1 atom stereocenters. The van der Waals surface area contributed by atoms with Gasteiger partial charge in [-0.1, -0.05) is 73.1 Å². The summed E-state index contributed by atoms with van der Waals surface area (Å²) in [5, 5.41) is 5.86. The Hall–Kier alpha value is -1.10. The van der Waals surface area contributed by atoms with Crippen molar-refractivity contribution in [1.82, 2.24) is 10.6 Å². The number of unbranched alkanes of at least 4 members (excludes halogenated alkanes) is 3. The Kier molecular flexibility index (Phi) is 15.3. The van der Waals surface area contributed by atoms with Crippen LogP contribution in [-0.2, 0) is 14.3 Å². The lowest BCUT2D eigenvalue weighted by molar-refractivity contribution is -0.129. The second kappa shape index (κ2) is 15.9. The highest BCUT2D eigenvalue weighted by molar-refractivity contribution is 5.81. The van der Waals surface area contributed by atoms with Gasteiger partial charge in [-0.3, -0.25) is 9.59 Å². The predicted molar refractivity (Wildman–Crippen MR) is 113 cm³/mol. The molecule has 2 amide bonds. The highest BCUT2D eigenvalue weighted by atomic mass is 16.5. The second-order valence-corrected chi connectivity index (χ2v) is 8.16. The predicted octanol–water partition coefficient (Wildman–Crippen LogP) is 4.59. The average Bonchev–Trinajstić information content (AvgIpc) is 2.64. The van der Waals surface area contributed by atoms with Crippen molar-refractivity contribution in [2.75, 3.05) is 19.7 Å². The third-order valence-electron chi connectivity index (χ3n) is 4.92. The molecule has 1 unspecified atom stereocenters. The van der Waals surface area contributed by atoms with Crippen molar-refractivity contribution in [2.45, 2.75) is 105 Å². The average molecular weight is 385 g/mol. The van der Waals surface area contributed by atoms with Gasteiger partial charge >= 0.3 is 0 Å². The molecule has 0 aromatic heterocycles. The van der Waals surface area contributed by atoms with Crippen LogP contribution < -0.4 is 10.6 Å². The minimum Gasteiger partial charge on any atom is -0.368 e. The molecule has 0 rings (SSSR count). The van der Waals surface area contributed by atoms with Gasteiger partial charge < -0.3 is 15.4 Å². The zero-order valence-electron chi connectivity index (χ0n) is 18.5. The molecule has 5 heteroatoms. The molecule has 0 aliphatic rings. The molecule has 160 valence electrons. The summed E-state index contributed by atoms with van der Waals surface area (Å²) >= 11 is 0.